The SMILES string of the molecule is CC(OP(=O)([O-])[O-])C(=O)O.[Ca+2]. The minimum Gasteiger partial charge on any atom is -0.790 e. The smallest absolute Gasteiger partial charge is 0.790 e. The van der Waals surface area contributed by atoms with Gasteiger partial charge in [-0.15, -0.1) is 0 Å². The fourth-order valence-electron chi connectivity index (χ4n) is 0.239. The summed E-state index contributed by atoms with van der Waals surface area (Å²) < 4.78 is 13.3. The summed E-state index contributed by atoms with van der Waals surface area (Å²) in [5, 5.41) is 8.02. The minimum absolute atomic E-state index is 0. The molecule has 0 amide bonds. The van der Waals surface area contributed by atoms with Gasteiger partial charge in [0.05, 0.1) is 7.82 Å². The van der Waals surface area contributed by atoms with E-state index in [0.29, 0.717) is 0 Å². The van der Waals surface area contributed by atoms with Gasteiger partial charge in [0.2, 0.25) is 0 Å². The van der Waals surface area contributed by atoms with Crippen LogP contribution in [0.3, 0.4) is 0 Å². The van der Waals surface area contributed by atoms with Gasteiger partial charge in [-0.1, -0.05) is 0 Å². The number of rotatable bonds is 3. The van der Waals surface area contributed by atoms with Crippen LogP contribution < -0.4 is 9.79 Å². The van der Waals surface area contributed by atoms with Gasteiger partial charge in [-0.25, -0.2) is 4.79 Å². The Labute approximate surface area is 92.8 Å². The first-order valence-electron chi connectivity index (χ1n) is 2.26. The molecule has 0 spiro atoms. The molecule has 1 atom stereocenters. The van der Waals surface area contributed by atoms with Crippen LogP contribution in [-0.4, -0.2) is 54.9 Å². The molecule has 0 aromatic heterocycles. The van der Waals surface area contributed by atoms with Gasteiger partial charge in [0.1, 0.15) is 0 Å². The molecule has 0 fully saturated rings. The van der Waals surface area contributed by atoms with Crippen LogP contribution in [-0.2, 0) is 13.9 Å². The quantitative estimate of drug-likeness (QED) is 0.421. The van der Waals surface area contributed by atoms with Crippen molar-refractivity contribution >= 4 is 51.5 Å². The van der Waals surface area contributed by atoms with Gasteiger partial charge < -0.3 is 24.0 Å². The van der Waals surface area contributed by atoms with Gasteiger partial charge >= 0.3 is 43.7 Å². The molecule has 0 aliphatic heterocycles. The Bertz CT molecular complexity index is 175. The van der Waals surface area contributed by atoms with E-state index in [2.05, 4.69) is 4.52 Å². The molecule has 0 rings (SSSR count). The summed E-state index contributed by atoms with van der Waals surface area (Å²) in [5.41, 5.74) is 0. The molecule has 0 saturated carbocycles. The van der Waals surface area contributed by atoms with Crippen LogP contribution >= 0.6 is 7.82 Å². The molecule has 0 aliphatic carbocycles. The van der Waals surface area contributed by atoms with Gasteiger partial charge in [-0.2, -0.15) is 0 Å². The maximum absolute atomic E-state index is 9.85. The van der Waals surface area contributed by atoms with Crippen molar-refractivity contribution in [3.8, 4) is 0 Å². The Morgan fingerprint density at radius 2 is 2.00 bits per heavy atom. The third-order valence-corrected chi connectivity index (χ3v) is 1.21. The second-order valence-corrected chi connectivity index (χ2v) is 2.64. The monoisotopic (exact) mass is 208 g/mol. The molecule has 60 valence electrons. The molecular formula is C3H5CaO6P. The first kappa shape index (κ1) is 14.4. The van der Waals surface area contributed by atoms with Crippen molar-refractivity contribution in [2.45, 2.75) is 13.0 Å². The van der Waals surface area contributed by atoms with Crippen LogP contribution in [0.1, 0.15) is 6.92 Å². The van der Waals surface area contributed by atoms with Crippen LogP contribution in [0.2, 0.25) is 0 Å². The zero-order valence-electron chi connectivity index (χ0n) is 5.72. The molecule has 0 aromatic carbocycles. The van der Waals surface area contributed by atoms with E-state index >= 15 is 0 Å². The molecule has 0 aromatic rings. The van der Waals surface area contributed by atoms with Gasteiger partial charge in [-0.05, 0) is 6.92 Å². The van der Waals surface area contributed by atoms with Gasteiger partial charge in [0, 0.05) is 0 Å². The number of aliphatic carboxylic acids is 1. The van der Waals surface area contributed by atoms with E-state index in [0.717, 1.165) is 6.92 Å². The standard InChI is InChI=1S/C3H7O6P.Ca/c1-2(3(4)5)9-10(6,7)8;/h2H,1H3,(H,4,5)(H2,6,7,8);/q;+2/p-2. The molecule has 1 unspecified atom stereocenters. The van der Waals surface area contributed by atoms with Crippen LogP contribution in [0.15, 0.2) is 0 Å². The van der Waals surface area contributed by atoms with Crippen LogP contribution in [0.4, 0.5) is 0 Å². The summed E-state index contributed by atoms with van der Waals surface area (Å²) in [4.78, 5) is 29.3. The minimum atomic E-state index is -5.16. The average Bonchev–Trinajstić information content (AvgIpc) is 1.60. The van der Waals surface area contributed by atoms with Gasteiger partial charge in [0.15, 0.2) is 6.10 Å². The third-order valence-electron chi connectivity index (χ3n) is 0.635. The van der Waals surface area contributed by atoms with E-state index in [1.165, 1.54) is 0 Å². The molecule has 11 heavy (non-hydrogen) atoms. The van der Waals surface area contributed by atoms with Crippen molar-refractivity contribution < 1.29 is 28.8 Å². The molecule has 0 aliphatic rings. The Morgan fingerprint density at radius 1 is 1.64 bits per heavy atom. The summed E-state index contributed by atoms with van der Waals surface area (Å²) in [5.74, 6) is -1.49. The Morgan fingerprint density at radius 3 is 2.09 bits per heavy atom. The maximum atomic E-state index is 9.85. The normalized spacial score (nSPS) is 13.4. The predicted octanol–water partition coefficient (Wildman–Crippen LogP) is -2.08. The number of carbonyl (C=O) groups is 1. The Hall–Kier alpha value is 0.840. The van der Waals surface area contributed by atoms with Crippen molar-refractivity contribution in [2.75, 3.05) is 0 Å². The van der Waals surface area contributed by atoms with Crippen LogP contribution in [0.25, 0.3) is 0 Å². The number of carboxylic acid groups (broad SMARTS) is 1. The molecule has 1 N–H and O–H groups in total. The van der Waals surface area contributed by atoms with E-state index in [1.54, 1.807) is 0 Å². The van der Waals surface area contributed by atoms with E-state index in [1.807, 2.05) is 0 Å². The summed E-state index contributed by atoms with van der Waals surface area (Å²) >= 11 is 0. The molecule has 8 heteroatoms. The zero-order valence-corrected chi connectivity index (χ0v) is 8.82. The average molecular weight is 208 g/mol. The number of hydrogen-bond donors (Lipinski definition) is 1. The van der Waals surface area contributed by atoms with Crippen molar-refractivity contribution in [3.63, 3.8) is 0 Å². The number of carboxylic acids is 1. The van der Waals surface area contributed by atoms with Crippen molar-refractivity contribution in [1.82, 2.24) is 0 Å². The van der Waals surface area contributed by atoms with Crippen LogP contribution in [0.5, 0.6) is 0 Å². The first-order chi connectivity index (χ1) is 4.33. The maximum Gasteiger partial charge on any atom is 2.00 e. The molecular weight excluding hydrogens is 203 g/mol. The van der Waals surface area contributed by atoms with E-state index < -0.39 is 19.9 Å². The third kappa shape index (κ3) is 8.75. The van der Waals surface area contributed by atoms with E-state index in [4.69, 9.17) is 5.11 Å². The fraction of sp³-hybridized carbons (Fsp3) is 0.667. The predicted molar refractivity (Wildman–Crippen MR) is 31.5 cm³/mol. The van der Waals surface area contributed by atoms with Gasteiger partial charge in [-0.3, -0.25) is 0 Å². The summed E-state index contributed by atoms with van der Waals surface area (Å²) in [6.45, 7) is 0.949. The molecule has 0 heterocycles. The zero-order chi connectivity index (χ0) is 8.36. The molecule has 0 bridgehead atoms. The second kappa shape index (κ2) is 5.48. The van der Waals surface area contributed by atoms with Gasteiger partial charge in [0.25, 0.3) is 0 Å². The topological polar surface area (TPSA) is 110 Å². The summed E-state index contributed by atoms with van der Waals surface area (Å²) in [6, 6.07) is 0. The second-order valence-electron chi connectivity index (χ2n) is 1.53. The molecule has 0 saturated heterocycles. The van der Waals surface area contributed by atoms with E-state index in [9.17, 15) is 19.1 Å². The van der Waals surface area contributed by atoms with Crippen molar-refractivity contribution in [2.24, 2.45) is 0 Å². The van der Waals surface area contributed by atoms with Crippen molar-refractivity contribution in [1.29, 1.82) is 0 Å². The van der Waals surface area contributed by atoms with E-state index in [-0.39, 0.29) is 37.7 Å². The summed E-state index contributed by atoms with van der Waals surface area (Å²) in [7, 11) is -5.16. The van der Waals surface area contributed by atoms with Crippen LogP contribution in [0, 0.1) is 0 Å². The number of phosphoric acid groups is 1. The number of hydrogen-bond acceptors (Lipinski definition) is 5. The Kier molecular flexibility index (Phi) is 7.16. The Balaban J connectivity index is 0. The molecule has 0 radical (unpaired) electrons. The first-order valence-corrected chi connectivity index (χ1v) is 3.72. The largest absolute Gasteiger partial charge is 2.00 e. The van der Waals surface area contributed by atoms with Crippen molar-refractivity contribution in [3.05, 3.63) is 0 Å². The number of phosphoric ester groups is 1. The summed E-state index contributed by atoms with van der Waals surface area (Å²) in [6.07, 6.45) is -1.61. The molecule has 6 nitrogen and oxygen atoms in total. The fourth-order valence-corrected chi connectivity index (χ4v) is 0.716.